The van der Waals surface area contributed by atoms with Gasteiger partial charge in [-0.15, -0.1) is 10.2 Å². The van der Waals surface area contributed by atoms with Gasteiger partial charge in [0.2, 0.25) is 0 Å². The summed E-state index contributed by atoms with van der Waals surface area (Å²) in [6, 6.07) is 7.68. The molecule has 5 nitrogen and oxygen atoms in total. The van der Waals surface area contributed by atoms with E-state index in [-0.39, 0.29) is 0 Å². The third-order valence-electron chi connectivity index (χ3n) is 2.39. The van der Waals surface area contributed by atoms with Crippen molar-refractivity contribution in [2.45, 2.75) is 13.8 Å². The lowest BCUT2D eigenvalue weighted by Gasteiger charge is -2.00. The number of ether oxygens (including phenoxy) is 1. The highest BCUT2D eigenvalue weighted by atomic mass is 16.5. The summed E-state index contributed by atoms with van der Waals surface area (Å²) < 4.78 is 6.79. The minimum Gasteiger partial charge on any atom is -0.497 e. The Morgan fingerprint density at radius 3 is 2.24 bits per heavy atom. The smallest absolute Gasteiger partial charge is 0.151 e. The molecule has 0 unspecified atom stereocenters. The quantitative estimate of drug-likeness (QED) is 0.755. The van der Waals surface area contributed by atoms with Crippen molar-refractivity contribution in [1.29, 1.82) is 0 Å². The third-order valence-corrected chi connectivity index (χ3v) is 2.39. The molecular formula is C12H14N4O. The largest absolute Gasteiger partial charge is 0.497 e. The van der Waals surface area contributed by atoms with Crippen LogP contribution < -0.4 is 4.74 Å². The Hall–Kier alpha value is -2.17. The summed E-state index contributed by atoms with van der Waals surface area (Å²) in [4.78, 5) is 0. The summed E-state index contributed by atoms with van der Waals surface area (Å²) in [5.41, 5.74) is 0.998. The van der Waals surface area contributed by atoms with Gasteiger partial charge in [0.05, 0.1) is 13.3 Å². The van der Waals surface area contributed by atoms with Crippen molar-refractivity contribution in [2.24, 2.45) is 5.10 Å². The molecule has 0 aliphatic carbocycles. The van der Waals surface area contributed by atoms with Crippen LogP contribution in [0.4, 0.5) is 0 Å². The molecule has 1 aromatic carbocycles. The number of nitrogens with zero attached hydrogens (tertiary/aromatic N) is 4. The van der Waals surface area contributed by atoms with E-state index >= 15 is 0 Å². The van der Waals surface area contributed by atoms with Crippen LogP contribution in [0.2, 0.25) is 0 Å². The summed E-state index contributed by atoms with van der Waals surface area (Å²) >= 11 is 0. The minimum atomic E-state index is 0.771. The van der Waals surface area contributed by atoms with E-state index in [4.69, 9.17) is 4.74 Å². The molecule has 1 heterocycles. The minimum absolute atomic E-state index is 0.771. The first-order valence-corrected chi connectivity index (χ1v) is 5.28. The molecule has 0 amide bonds. The van der Waals surface area contributed by atoms with Gasteiger partial charge in [0.15, 0.2) is 11.6 Å². The maximum absolute atomic E-state index is 5.09. The molecule has 2 aromatic rings. The SMILES string of the molecule is COc1ccc(C=Nn2c(C)nnc2C)cc1. The zero-order valence-corrected chi connectivity index (χ0v) is 10.1. The van der Waals surface area contributed by atoms with Crippen LogP contribution in [0.1, 0.15) is 17.2 Å². The van der Waals surface area contributed by atoms with Gasteiger partial charge in [-0.1, -0.05) is 0 Å². The van der Waals surface area contributed by atoms with Crippen LogP contribution in [-0.2, 0) is 0 Å². The van der Waals surface area contributed by atoms with E-state index in [0.717, 1.165) is 23.0 Å². The number of aryl methyl sites for hydroxylation is 2. The molecule has 0 saturated heterocycles. The van der Waals surface area contributed by atoms with Crippen molar-refractivity contribution in [3.05, 3.63) is 41.5 Å². The summed E-state index contributed by atoms with van der Waals surface area (Å²) in [7, 11) is 1.65. The molecule has 2 rings (SSSR count). The highest BCUT2D eigenvalue weighted by molar-refractivity contribution is 5.79. The van der Waals surface area contributed by atoms with E-state index in [1.54, 1.807) is 18.0 Å². The summed E-state index contributed by atoms with van der Waals surface area (Å²) in [6.45, 7) is 3.73. The van der Waals surface area contributed by atoms with Crippen molar-refractivity contribution in [3.63, 3.8) is 0 Å². The number of hydrogen-bond donors (Lipinski definition) is 0. The van der Waals surface area contributed by atoms with Gasteiger partial charge in [-0.3, -0.25) is 0 Å². The molecule has 0 bridgehead atoms. The lowest BCUT2D eigenvalue weighted by Crippen LogP contribution is -1.96. The highest BCUT2D eigenvalue weighted by Crippen LogP contribution is 2.10. The fourth-order valence-electron chi connectivity index (χ4n) is 1.45. The molecule has 0 N–H and O–H groups in total. The number of rotatable bonds is 3. The Morgan fingerprint density at radius 1 is 1.12 bits per heavy atom. The van der Waals surface area contributed by atoms with Crippen LogP contribution >= 0.6 is 0 Å². The van der Waals surface area contributed by atoms with Crippen molar-refractivity contribution >= 4 is 6.21 Å². The lowest BCUT2D eigenvalue weighted by molar-refractivity contribution is 0.415. The first-order valence-electron chi connectivity index (χ1n) is 5.28. The zero-order valence-electron chi connectivity index (χ0n) is 10.1. The summed E-state index contributed by atoms with van der Waals surface area (Å²) in [6.07, 6.45) is 1.77. The van der Waals surface area contributed by atoms with Crippen LogP contribution in [0.15, 0.2) is 29.4 Å². The molecule has 0 aliphatic rings. The van der Waals surface area contributed by atoms with Crippen LogP contribution in [0, 0.1) is 13.8 Å². The Morgan fingerprint density at radius 2 is 1.71 bits per heavy atom. The second-order valence-corrected chi connectivity index (χ2v) is 3.62. The molecule has 88 valence electrons. The second-order valence-electron chi connectivity index (χ2n) is 3.62. The number of hydrogen-bond acceptors (Lipinski definition) is 4. The zero-order chi connectivity index (χ0) is 12.3. The second kappa shape index (κ2) is 4.78. The predicted octanol–water partition coefficient (Wildman–Crippen LogP) is 1.79. The Kier molecular flexibility index (Phi) is 3.18. The van der Waals surface area contributed by atoms with Gasteiger partial charge in [0.1, 0.15) is 5.75 Å². The molecule has 5 heteroatoms. The molecule has 0 spiro atoms. The van der Waals surface area contributed by atoms with Crippen molar-refractivity contribution in [2.75, 3.05) is 7.11 Å². The van der Waals surface area contributed by atoms with Gasteiger partial charge in [0, 0.05) is 0 Å². The van der Waals surface area contributed by atoms with E-state index in [2.05, 4.69) is 15.3 Å². The lowest BCUT2D eigenvalue weighted by atomic mass is 10.2. The molecule has 1 aromatic heterocycles. The fraction of sp³-hybridized carbons (Fsp3) is 0.250. The van der Waals surface area contributed by atoms with Gasteiger partial charge < -0.3 is 4.74 Å². The molecule has 0 aliphatic heterocycles. The van der Waals surface area contributed by atoms with E-state index in [1.165, 1.54) is 0 Å². The first-order chi connectivity index (χ1) is 8.20. The van der Waals surface area contributed by atoms with Crippen LogP contribution in [0.25, 0.3) is 0 Å². The normalized spacial score (nSPS) is 11.0. The average Bonchev–Trinajstić information content (AvgIpc) is 2.67. The van der Waals surface area contributed by atoms with Gasteiger partial charge in [0.25, 0.3) is 0 Å². The molecule has 0 saturated carbocycles. The molecule has 0 atom stereocenters. The molecular weight excluding hydrogens is 216 g/mol. The van der Waals surface area contributed by atoms with Crippen molar-refractivity contribution < 1.29 is 4.74 Å². The van der Waals surface area contributed by atoms with Crippen LogP contribution in [-0.4, -0.2) is 28.2 Å². The number of methoxy groups -OCH3 is 1. The Balaban J connectivity index is 2.20. The first kappa shape index (κ1) is 11.3. The van der Waals surface area contributed by atoms with E-state index in [0.29, 0.717) is 0 Å². The average molecular weight is 230 g/mol. The molecule has 0 fully saturated rings. The monoisotopic (exact) mass is 230 g/mol. The van der Waals surface area contributed by atoms with E-state index in [9.17, 15) is 0 Å². The number of benzene rings is 1. The standard InChI is InChI=1S/C12H14N4O/c1-9-14-15-10(2)16(9)13-8-11-4-6-12(17-3)7-5-11/h4-8H,1-3H3. The Labute approximate surface area is 99.8 Å². The highest BCUT2D eigenvalue weighted by Gasteiger charge is 2.00. The van der Waals surface area contributed by atoms with E-state index < -0.39 is 0 Å². The van der Waals surface area contributed by atoms with Gasteiger partial charge in [-0.25, -0.2) is 4.68 Å². The van der Waals surface area contributed by atoms with Crippen molar-refractivity contribution in [3.8, 4) is 5.75 Å². The van der Waals surface area contributed by atoms with Crippen molar-refractivity contribution in [1.82, 2.24) is 14.9 Å². The fourth-order valence-corrected chi connectivity index (χ4v) is 1.45. The van der Waals surface area contributed by atoms with Gasteiger partial charge >= 0.3 is 0 Å². The number of aromatic nitrogens is 3. The van der Waals surface area contributed by atoms with Gasteiger partial charge in [-0.2, -0.15) is 5.10 Å². The van der Waals surface area contributed by atoms with Crippen LogP contribution in [0.3, 0.4) is 0 Å². The third kappa shape index (κ3) is 2.50. The maximum Gasteiger partial charge on any atom is 0.151 e. The maximum atomic E-state index is 5.09. The Bertz CT molecular complexity index is 508. The molecule has 0 radical (unpaired) electrons. The topological polar surface area (TPSA) is 52.3 Å². The predicted molar refractivity (Wildman–Crippen MR) is 65.5 cm³/mol. The summed E-state index contributed by atoms with van der Waals surface area (Å²) in [5.74, 6) is 2.37. The summed E-state index contributed by atoms with van der Waals surface area (Å²) in [5, 5.41) is 12.2. The molecule has 17 heavy (non-hydrogen) atoms. The van der Waals surface area contributed by atoms with E-state index in [1.807, 2.05) is 38.1 Å². The van der Waals surface area contributed by atoms with Crippen LogP contribution in [0.5, 0.6) is 5.75 Å². The van der Waals surface area contributed by atoms with Gasteiger partial charge in [-0.05, 0) is 43.7 Å².